The number of aromatic amines is 1. The molecule has 1 saturated heterocycles. The molecule has 2 fully saturated rings. The molecule has 1 saturated carbocycles. The number of aromatic nitrogens is 3. The van der Waals surface area contributed by atoms with Crippen molar-refractivity contribution in [3.8, 4) is 5.75 Å². The summed E-state index contributed by atoms with van der Waals surface area (Å²) in [5.74, 6) is 1.45. The van der Waals surface area contributed by atoms with Gasteiger partial charge in [0.05, 0.1) is 36.6 Å². The van der Waals surface area contributed by atoms with Crippen LogP contribution in [0.15, 0.2) is 46.8 Å². The molecule has 2 aromatic heterocycles. The highest BCUT2D eigenvalue weighted by Gasteiger charge is 2.25. The summed E-state index contributed by atoms with van der Waals surface area (Å²) in [6.45, 7) is 6.93. The second-order valence-electron chi connectivity index (χ2n) is 8.64. The maximum absolute atomic E-state index is 6.53. The van der Waals surface area contributed by atoms with Gasteiger partial charge in [-0.15, -0.1) is 0 Å². The van der Waals surface area contributed by atoms with Gasteiger partial charge in [0.2, 0.25) is 0 Å². The standard InChI is InChI=1S/C25H31N7O2/c1-26-20-7-8-29-24(20)25(27-2)31-17-3-5-19(6-4-17)34-22-16-18(32-11-13-33-14-12-32)15-21-23(22)30-10-9-28-21/h7-10,15-17,19,26,29H,2-6,11-14H2,1H3. The molecule has 0 radical (unpaired) electrons. The molecule has 9 nitrogen and oxygen atoms in total. The van der Waals surface area contributed by atoms with Crippen molar-refractivity contribution >= 4 is 35.0 Å². The zero-order chi connectivity index (χ0) is 23.3. The lowest BCUT2D eigenvalue weighted by Gasteiger charge is -2.30. The molecule has 1 aromatic carbocycles. The van der Waals surface area contributed by atoms with Crippen LogP contribution in [0.4, 0.5) is 11.4 Å². The number of aliphatic imine (C=N–C) groups is 2. The molecule has 3 aromatic rings. The Morgan fingerprint density at radius 3 is 2.74 bits per heavy atom. The first-order valence-electron chi connectivity index (χ1n) is 11.9. The van der Waals surface area contributed by atoms with Gasteiger partial charge in [0, 0.05) is 50.5 Å². The molecule has 2 aliphatic rings. The average molecular weight is 462 g/mol. The number of anilines is 2. The number of nitrogens with zero attached hydrogens (tertiary/aromatic N) is 5. The number of amidine groups is 1. The SMILES string of the molecule is C=NC(=NC1CCC(Oc2cc(N3CCOCC3)cc3nccnc23)CC1)c1[nH]ccc1NC. The summed E-state index contributed by atoms with van der Waals surface area (Å²) in [6.07, 6.45) is 9.17. The van der Waals surface area contributed by atoms with Crippen LogP contribution in [0.25, 0.3) is 11.0 Å². The Morgan fingerprint density at radius 2 is 1.97 bits per heavy atom. The molecular formula is C25H31N7O2. The number of rotatable bonds is 6. The van der Waals surface area contributed by atoms with E-state index in [2.05, 4.69) is 49.0 Å². The minimum Gasteiger partial charge on any atom is -0.488 e. The number of hydrogen-bond acceptors (Lipinski definition) is 7. The number of morpholine rings is 1. The molecule has 0 bridgehead atoms. The van der Waals surface area contributed by atoms with E-state index in [1.54, 1.807) is 12.4 Å². The largest absolute Gasteiger partial charge is 0.488 e. The van der Waals surface area contributed by atoms with Gasteiger partial charge in [-0.05, 0) is 44.5 Å². The lowest BCUT2D eigenvalue weighted by Crippen LogP contribution is -2.36. The van der Waals surface area contributed by atoms with Crippen LogP contribution in [0.5, 0.6) is 5.75 Å². The van der Waals surface area contributed by atoms with Crippen LogP contribution in [0.1, 0.15) is 31.4 Å². The fourth-order valence-electron chi connectivity index (χ4n) is 4.71. The van der Waals surface area contributed by atoms with Crippen LogP contribution < -0.4 is 15.0 Å². The van der Waals surface area contributed by atoms with Gasteiger partial charge in [-0.25, -0.2) is 9.98 Å². The van der Waals surface area contributed by atoms with Crippen LogP contribution in [0.2, 0.25) is 0 Å². The third-order valence-electron chi connectivity index (χ3n) is 6.53. The predicted molar refractivity (Wildman–Crippen MR) is 136 cm³/mol. The number of H-pyrrole nitrogens is 1. The summed E-state index contributed by atoms with van der Waals surface area (Å²) in [4.78, 5) is 23.7. The molecule has 2 N–H and O–H groups in total. The second kappa shape index (κ2) is 10.2. The molecule has 1 aliphatic carbocycles. The predicted octanol–water partition coefficient (Wildman–Crippen LogP) is 3.67. The minimum absolute atomic E-state index is 0.120. The van der Waals surface area contributed by atoms with Crippen LogP contribution in [-0.2, 0) is 4.74 Å². The average Bonchev–Trinajstić information content (AvgIpc) is 3.37. The van der Waals surface area contributed by atoms with E-state index in [0.29, 0.717) is 5.84 Å². The zero-order valence-corrected chi connectivity index (χ0v) is 19.5. The summed E-state index contributed by atoms with van der Waals surface area (Å²) in [5.41, 5.74) is 4.62. The molecule has 9 heteroatoms. The van der Waals surface area contributed by atoms with Gasteiger partial charge >= 0.3 is 0 Å². The van der Waals surface area contributed by atoms with Crippen LogP contribution >= 0.6 is 0 Å². The van der Waals surface area contributed by atoms with Gasteiger partial charge in [0.25, 0.3) is 0 Å². The van der Waals surface area contributed by atoms with E-state index in [0.717, 1.165) is 85.8 Å². The fraction of sp³-hybridized carbons (Fsp3) is 0.440. The Kier molecular flexibility index (Phi) is 6.71. The van der Waals surface area contributed by atoms with Crippen LogP contribution in [0, 0.1) is 0 Å². The summed E-state index contributed by atoms with van der Waals surface area (Å²) < 4.78 is 12.0. The number of benzene rings is 1. The lowest BCUT2D eigenvalue weighted by atomic mass is 9.93. The van der Waals surface area contributed by atoms with E-state index >= 15 is 0 Å². The smallest absolute Gasteiger partial charge is 0.173 e. The normalized spacial score (nSPS) is 21.4. The van der Waals surface area contributed by atoms with E-state index in [9.17, 15) is 0 Å². The molecule has 3 heterocycles. The third-order valence-corrected chi connectivity index (χ3v) is 6.53. The van der Waals surface area contributed by atoms with E-state index in [1.807, 2.05) is 19.3 Å². The number of ether oxygens (including phenoxy) is 2. The first-order chi connectivity index (χ1) is 16.7. The molecule has 5 rings (SSSR count). The molecule has 0 amide bonds. The van der Waals surface area contributed by atoms with Gasteiger partial charge in [-0.1, -0.05) is 0 Å². The highest BCUT2D eigenvalue weighted by molar-refractivity contribution is 6.04. The van der Waals surface area contributed by atoms with E-state index < -0.39 is 0 Å². The van der Waals surface area contributed by atoms with Crippen molar-refractivity contribution in [2.24, 2.45) is 9.98 Å². The van der Waals surface area contributed by atoms with Crippen molar-refractivity contribution in [3.63, 3.8) is 0 Å². The highest BCUT2D eigenvalue weighted by Crippen LogP contribution is 2.33. The van der Waals surface area contributed by atoms with Crippen molar-refractivity contribution in [2.75, 3.05) is 43.6 Å². The van der Waals surface area contributed by atoms with Gasteiger partial charge < -0.3 is 24.7 Å². The number of hydrogen-bond donors (Lipinski definition) is 2. The van der Waals surface area contributed by atoms with Crippen molar-refractivity contribution in [1.29, 1.82) is 0 Å². The summed E-state index contributed by atoms with van der Waals surface area (Å²) >= 11 is 0. The van der Waals surface area contributed by atoms with Gasteiger partial charge in [-0.3, -0.25) is 9.98 Å². The van der Waals surface area contributed by atoms with Crippen LogP contribution in [0.3, 0.4) is 0 Å². The molecular weight excluding hydrogens is 430 g/mol. The van der Waals surface area contributed by atoms with Crippen molar-refractivity contribution in [2.45, 2.75) is 37.8 Å². The van der Waals surface area contributed by atoms with Crippen molar-refractivity contribution < 1.29 is 9.47 Å². The summed E-state index contributed by atoms with van der Waals surface area (Å²) in [5, 5.41) is 3.16. The van der Waals surface area contributed by atoms with Gasteiger partial charge in [0.1, 0.15) is 17.0 Å². The molecule has 0 unspecified atom stereocenters. The molecule has 178 valence electrons. The van der Waals surface area contributed by atoms with E-state index in [4.69, 9.17) is 14.5 Å². The summed E-state index contributed by atoms with van der Waals surface area (Å²) in [7, 11) is 1.89. The lowest BCUT2D eigenvalue weighted by molar-refractivity contribution is 0.122. The van der Waals surface area contributed by atoms with Crippen molar-refractivity contribution in [3.05, 3.63) is 42.5 Å². The van der Waals surface area contributed by atoms with Crippen LogP contribution in [-0.4, -0.2) is 73.0 Å². The number of nitrogens with one attached hydrogen (secondary N) is 2. The van der Waals surface area contributed by atoms with E-state index in [-0.39, 0.29) is 12.1 Å². The van der Waals surface area contributed by atoms with Gasteiger partial charge in [-0.2, -0.15) is 0 Å². The highest BCUT2D eigenvalue weighted by atomic mass is 16.5. The maximum atomic E-state index is 6.53. The Morgan fingerprint density at radius 1 is 1.18 bits per heavy atom. The Hall–Kier alpha value is -3.46. The second-order valence-corrected chi connectivity index (χ2v) is 8.64. The number of fused-ring (bicyclic) bond motifs is 1. The van der Waals surface area contributed by atoms with Crippen molar-refractivity contribution in [1.82, 2.24) is 15.0 Å². The molecule has 1 aliphatic heterocycles. The van der Waals surface area contributed by atoms with E-state index in [1.165, 1.54) is 0 Å². The zero-order valence-electron chi connectivity index (χ0n) is 19.5. The Bertz CT molecular complexity index is 1160. The topological polar surface area (TPSA) is 100 Å². The fourth-order valence-corrected chi connectivity index (χ4v) is 4.71. The maximum Gasteiger partial charge on any atom is 0.173 e. The first kappa shape index (κ1) is 22.3. The molecule has 0 spiro atoms. The minimum atomic E-state index is 0.120. The molecule has 0 atom stereocenters. The monoisotopic (exact) mass is 461 g/mol. The quantitative estimate of drug-likeness (QED) is 0.429. The third kappa shape index (κ3) is 4.75. The summed E-state index contributed by atoms with van der Waals surface area (Å²) in [6, 6.07) is 6.37. The van der Waals surface area contributed by atoms with Gasteiger partial charge in [0.15, 0.2) is 5.84 Å². The Labute approximate surface area is 199 Å². The molecule has 34 heavy (non-hydrogen) atoms. The Balaban J connectivity index is 1.30. The first-order valence-corrected chi connectivity index (χ1v) is 11.9.